The minimum Gasteiger partial charge on any atom is -0.354 e. The van der Waals surface area contributed by atoms with Crippen LogP contribution in [0.15, 0.2) is 61.1 Å². The first-order valence-corrected chi connectivity index (χ1v) is 12.8. The molecule has 0 amide bonds. The number of aromatic nitrogens is 5. The standard InChI is InChI=1S/C27H32N8/c1-2-6-24(7-3-1)35-26-22(19-30-35)18-29-27(32-26)31-23-11-9-21(10-12-23)20-33-14-16-34(17-15-33)25-8-4-5-13-28-25/h4-5,8-13,18-19,24H,1-3,6-7,14-17,20H2,(H,29,31,32). The fourth-order valence-electron chi connectivity index (χ4n) is 5.25. The van der Waals surface area contributed by atoms with E-state index >= 15 is 0 Å². The Hall–Kier alpha value is -3.52. The second-order valence-corrected chi connectivity index (χ2v) is 9.63. The minimum absolute atomic E-state index is 0.453. The second-order valence-electron chi connectivity index (χ2n) is 9.63. The summed E-state index contributed by atoms with van der Waals surface area (Å²) in [6, 6.07) is 15.2. The van der Waals surface area contributed by atoms with Crippen molar-refractivity contribution < 1.29 is 0 Å². The van der Waals surface area contributed by atoms with Crippen LogP contribution in [0.4, 0.5) is 17.5 Å². The third-order valence-electron chi connectivity index (χ3n) is 7.22. The molecule has 2 fully saturated rings. The van der Waals surface area contributed by atoms with E-state index in [-0.39, 0.29) is 0 Å². The lowest BCUT2D eigenvalue weighted by molar-refractivity contribution is 0.249. The number of benzene rings is 1. The van der Waals surface area contributed by atoms with Gasteiger partial charge in [-0.15, -0.1) is 0 Å². The Morgan fingerprint density at radius 3 is 2.46 bits per heavy atom. The lowest BCUT2D eigenvalue weighted by Gasteiger charge is -2.35. The van der Waals surface area contributed by atoms with Gasteiger partial charge in [-0.3, -0.25) is 4.90 Å². The summed E-state index contributed by atoms with van der Waals surface area (Å²) in [5.41, 5.74) is 3.24. The van der Waals surface area contributed by atoms with Crippen molar-refractivity contribution in [2.45, 2.75) is 44.7 Å². The van der Waals surface area contributed by atoms with E-state index < -0.39 is 0 Å². The van der Waals surface area contributed by atoms with Gasteiger partial charge in [0.2, 0.25) is 5.95 Å². The summed E-state index contributed by atoms with van der Waals surface area (Å²) in [6.45, 7) is 5.05. The van der Waals surface area contributed by atoms with Gasteiger partial charge in [0.15, 0.2) is 5.65 Å². The maximum absolute atomic E-state index is 4.81. The van der Waals surface area contributed by atoms with Gasteiger partial charge in [-0.05, 0) is 42.7 Å². The number of rotatable bonds is 6. The number of fused-ring (bicyclic) bond motifs is 1. The molecule has 0 spiro atoms. The maximum atomic E-state index is 4.81. The molecule has 35 heavy (non-hydrogen) atoms. The van der Waals surface area contributed by atoms with Crippen molar-refractivity contribution in [3.05, 3.63) is 66.6 Å². The van der Waals surface area contributed by atoms with E-state index in [1.165, 1.54) is 37.7 Å². The van der Waals surface area contributed by atoms with E-state index in [0.717, 1.165) is 55.3 Å². The molecule has 1 saturated heterocycles. The molecule has 1 aromatic carbocycles. The SMILES string of the molecule is c1ccc(N2CCN(Cc3ccc(Nc4ncc5cnn(C6CCCCC6)c5n4)cc3)CC2)nc1. The zero-order chi connectivity index (χ0) is 23.5. The highest BCUT2D eigenvalue weighted by atomic mass is 15.3. The normalized spacial score (nSPS) is 17.7. The van der Waals surface area contributed by atoms with E-state index in [9.17, 15) is 0 Å². The summed E-state index contributed by atoms with van der Waals surface area (Å²) in [7, 11) is 0. The van der Waals surface area contributed by atoms with Crippen molar-refractivity contribution in [1.82, 2.24) is 29.6 Å². The van der Waals surface area contributed by atoms with E-state index in [1.807, 2.05) is 24.7 Å². The van der Waals surface area contributed by atoms with Crippen molar-refractivity contribution in [2.24, 2.45) is 0 Å². The smallest absolute Gasteiger partial charge is 0.229 e. The van der Waals surface area contributed by atoms with Gasteiger partial charge >= 0.3 is 0 Å². The molecule has 1 N–H and O–H groups in total. The van der Waals surface area contributed by atoms with Gasteiger partial charge in [0.05, 0.1) is 17.6 Å². The molecule has 0 radical (unpaired) electrons. The van der Waals surface area contributed by atoms with Crippen LogP contribution in [-0.4, -0.2) is 55.8 Å². The van der Waals surface area contributed by atoms with Crippen LogP contribution in [0.1, 0.15) is 43.7 Å². The lowest BCUT2D eigenvalue weighted by atomic mass is 9.96. The van der Waals surface area contributed by atoms with E-state index in [0.29, 0.717) is 12.0 Å². The Bertz CT molecular complexity index is 1240. The molecule has 8 nitrogen and oxygen atoms in total. The van der Waals surface area contributed by atoms with Crippen molar-refractivity contribution in [3.8, 4) is 0 Å². The fraction of sp³-hybridized carbons (Fsp3) is 0.407. The van der Waals surface area contributed by atoms with Gasteiger partial charge in [-0.25, -0.2) is 14.6 Å². The summed E-state index contributed by atoms with van der Waals surface area (Å²) in [5.74, 6) is 1.69. The van der Waals surface area contributed by atoms with Crippen LogP contribution in [0, 0.1) is 0 Å². The molecule has 4 heterocycles. The van der Waals surface area contributed by atoms with Gasteiger partial charge < -0.3 is 10.2 Å². The monoisotopic (exact) mass is 468 g/mol. The first kappa shape index (κ1) is 22.0. The van der Waals surface area contributed by atoms with Crippen LogP contribution in [0.5, 0.6) is 0 Å². The zero-order valence-electron chi connectivity index (χ0n) is 20.1. The number of nitrogens with one attached hydrogen (secondary N) is 1. The highest BCUT2D eigenvalue weighted by molar-refractivity contribution is 5.75. The molecule has 180 valence electrons. The second kappa shape index (κ2) is 10.00. The van der Waals surface area contributed by atoms with Gasteiger partial charge in [0.1, 0.15) is 5.82 Å². The van der Waals surface area contributed by atoms with Crippen LogP contribution in [0.3, 0.4) is 0 Å². The van der Waals surface area contributed by atoms with Crippen LogP contribution < -0.4 is 10.2 Å². The number of hydrogen-bond acceptors (Lipinski definition) is 7. The maximum Gasteiger partial charge on any atom is 0.229 e. The Morgan fingerprint density at radius 2 is 1.69 bits per heavy atom. The van der Waals surface area contributed by atoms with Crippen LogP contribution in [-0.2, 0) is 6.54 Å². The molecule has 0 unspecified atom stereocenters. The molecule has 0 bridgehead atoms. The average molecular weight is 469 g/mol. The summed E-state index contributed by atoms with van der Waals surface area (Å²) >= 11 is 0. The number of hydrogen-bond donors (Lipinski definition) is 1. The average Bonchev–Trinajstić information content (AvgIpc) is 3.35. The van der Waals surface area contributed by atoms with Crippen molar-refractivity contribution in [1.29, 1.82) is 0 Å². The molecule has 1 saturated carbocycles. The third-order valence-corrected chi connectivity index (χ3v) is 7.22. The van der Waals surface area contributed by atoms with E-state index in [1.54, 1.807) is 0 Å². The fourth-order valence-corrected chi connectivity index (χ4v) is 5.25. The minimum atomic E-state index is 0.453. The van der Waals surface area contributed by atoms with E-state index in [4.69, 9.17) is 4.98 Å². The Balaban J connectivity index is 1.07. The molecule has 0 atom stereocenters. The first-order chi connectivity index (χ1) is 17.3. The zero-order valence-corrected chi connectivity index (χ0v) is 20.1. The predicted molar refractivity (Wildman–Crippen MR) is 139 cm³/mol. The third kappa shape index (κ3) is 4.98. The molecule has 1 aliphatic heterocycles. The van der Waals surface area contributed by atoms with Crippen LogP contribution in [0.25, 0.3) is 11.0 Å². The Morgan fingerprint density at radius 1 is 0.857 bits per heavy atom. The van der Waals surface area contributed by atoms with Crippen LogP contribution in [0.2, 0.25) is 0 Å². The number of pyridine rings is 1. The summed E-state index contributed by atoms with van der Waals surface area (Å²) in [5, 5.41) is 9.01. The van der Waals surface area contributed by atoms with Gasteiger partial charge in [-0.1, -0.05) is 37.5 Å². The molecular formula is C27H32N8. The molecule has 3 aromatic heterocycles. The molecular weight excluding hydrogens is 436 g/mol. The highest BCUT2D eigenvalue weighted by Gasteiger charge is 2.20. The van der Waals surface area contributed by atoms with E-state index in [2.05, 4.69) is 71.3 Å². The summed E-state index contributed by atoms with van der Waals surface area (Å²) < 4.78 is 2.11. The highest BCUT2D eigenvalue weighted by Crippen LogP contribution is 2.30. The predicted octanol–water partition coefficient (Wildman–Crippen LogP) is 4.79. The molecule has 1 aliphatic carbocycles. The topological polar surface area (TPSA) is 75.0 Å². The van der Waals surface area contributed by atoms with Gasteiger partial charge in [-0.2, -0.15) is 10.1 Å². The largest absolute Gasteiger partial charge is 0.354 e. The number of anilines is 3. The summed E-state index contributed by atoms with van der Waals surface area (Å²) in [6.07, 6.45) is 11.9. The molecule has 6 rings (SSSR count). The van der Waals surface area contributed by atoms with Gasteiger partial charge in [0, 0.05) is 50.8 Å². The lowest BCUT2D eigenvalue weighted by Crippen LogP contribution is -2.46. The first-order valence-electron chi connectivity index (χ1n) is 12.8. The quantitative estimate of drug-likeness (QED) is 0.436. The Kier molecular flexibility index (Phi) is 6.28. The number of nitrogens with zero attached hydrogens (tertiary/aromatic N) is 7. The van der Waals surface area contributed by atoms with Crippen molar-refractivity contribution in [3.63, 3.8) is 0 Å². The molecule has 2 aliphatic rings. The van der Waals surface area contributed by atoms with Gasteiger partial charge in [0.25, 0.3) is 0 Å². The molecule has 4 aromatic rings. The van der Waals surface area contributed by atoms with Crippen LogP contribution >= 0.6 is 0 Å². The van der Waals surface area contributed by atoms with Crippen molar-refractivity contribution >= 4 is 28.5 Å². The summed E-state index contributed by atoms with van der Waals surface area (Å²) in [4.78, 5) is 18.7. The molecule has 8 heteroatoms. The number of piperazine rings is 1. The van der Waals surface area contributed by atoms with Crippen molar-refractivity contribution in [2.75, 3.05) is 36.4 Å². The Labute approximate surface area is 206 Å².